The van der Waals surface area contributed by atoms with Crippen LogP contribution in [0.1, 0.15) is 50.0 Å². The van der Waals surface area contributed by atoms with Crippen LogP contribution in [-0.4, -0.2) is 48.7 Å². The molecule has 0 bridgehead atoms. The van der Waals surface area contributed by atoms with E-state index in [9.17, 15) is 9.90 Å². The second kappa shape index (κ2) is 9.88. The maximum absolute atomic E-state index is 12.5. The third kappa shape index (κ3) is 5.26. The van der Waals surface area contributed by atoms with Gasteiger partial charge < -0.3 is 19.6 Å². The van der Waals surface area contributed by atoms with Crippen molar-refractivity contribution in [2.45, 2.75) is 44.4 Å². The van der Waals surface area contributed by atoms with E-state index in [1.807, 2.05) is 4.90 Å². The number of piperazine rings is 1. The number of phenolic OH excluding ortho intramolecular Hbond substituents is 1. The zero-order chi connectivity index (χ0) is 20.8. The summed E-state index contributed by atoms with van der Waals surface area (Å²) in [5, 5.41) is 9.30. The molecule has 4 rings (SSSR count). The average molecular weight is 409 g/mol. The van der Waals surface area contributed by atoms with Crippen molar-refractivity contribution in [3.63, 3.8) is 0 Å². The topological polar surface area (TPSA) is 53.0 Å². The van der Waals surface area contributed by atoms with Gasteiger partial charge in [-0.15, -0.1) is 0 Å². The van der Waals surface area contributed by atoms with Gasteiger partial charge in [0.05, 0.1) is 13.0 Å². The number of benzene rings is 2. The number of ether oxygens (including phenoxy) is 1. The van der Waals surface area contributed by atoms with Crippen molar-refractivity contribution < 1.29 is 14.6 Å². The lowest BCUT2D eigenvalue weighted by Crippen LogP contribution is -2.49. The molecule has 1 saturated heterocycles. The molecule has 0 radical (unpaired) electrons. The summed E-state index contributed by atoms with van der Waals surface area (Å²) < 4.78 is 5.61. The van der Waals surface area contributed by atoms with Crippen LogP contribution in [0.2, 0.25) is 0 Å². The number of nitrogens with zero attached hydrogens (tertiary/aromatic N) is 2. The van der Waals surface area contributed by atoms with Gasteiger partial charge in [-0.3, -0.25) is 4.79 Å². The van der Waals surface area contributed by atoms with Crippen LogP contribution in [-0.2, 0) is 4.79 Å². The first-order valence-corrected chi connectivity index (χ1v) is 11.2. The summed E-state index contributed by atoms with van der Waals surface area (Å²) in [7, 11) is 0. The van der Waals surface area contributed by atoms with E-state index in [0.29, 0.717) is 18.8 Å². The van der Waals surface area contributed by atoms with Gasteiger partial charge in [0, 0.05) is 31.9 Å². The first kappa shape index (κ1) is 20.6. The van der Waals surface area contributed by atoms with Crippen LogP contribution >= 0.6 is 0 Å². The highest BCUT2D eigenvalue weighted by molar-refractivity contribution is 5.76. The normalized spacial score (nSPS) is 17.7. The Morgan fingerprint density at radius 2 is 1.57 bits per heavy atom. The molecule has 0 unspecified atom stereocenters. The Kier molecular flexibility index (Phi) is 6.77. The van der Waals surface area contributed by atoms with E-state index in [2.05, 4.69) is 29.2 Å². The second-order valence-electron chi connectivity index (χ2n) is 8.39. The summed E-state index contributed by atoms with van der Waals surface area (Å²) in [6.07, 6.45) is 7.15. The number of hydrogen-bond acceptors (Lipinski definition) is 4. The first-order valence-electron chi connectivity index (χ1n) is 11.2. The molecule has 2 fully saturated rings. The second-order valence-corrected chi connectivity index (χ2v) is 8.39. The van der Waals surface area contributed by atoms with Crippen LogP contribution in [0, 0.1) is 0 Å². The van der Waals surface area contributed by atoms with Gasteiger partial charge >= 0.3 is 0 Å². The highest BCUT2D eigenvalue weighted by Crippen LogP contribution is 2.33. The van der Waals surface area contributed by atoms with Gasteiger partial charge in [-0.1, -0.05) is 31.4 Å². The molecule has 2 aromatic rings. The van der Waals surface area contributed by atoms with Gasteiger partial charge in [-0.2, -0.15) is 0 Å². The molecule has 1 aliphatic carbocycles. The first-order chi connectivity index (χ1) is 14.7. The largest absolute Gasteiger partial charge is 0.508 e. The van der Waals surface area contributed by atoms with Gasteiger partial charge in [0.25, 0.3) is 0 Å². The van der Waals surface area contributed by atoms with Crippen molar-refractivity contribution in [1.29, 1.82) is 0 Å². The Bertz CT molecular complexity index is 805. The number of anilines is 1. The Morgan fingerprint density at radius 3 is 2.23 bits per heavy atom. The molecule has 5 nitrogen and oxygen atoms in total. The molecule has 1 heterocycles. The molecule has 0 spiro atoms. The third-order valence-corrected chi connectivity index (χ3v) is 6.39. The van der Waals surface area contributed by atoms with Crippen LogP contribution in [0.25, 0.3) is 0 Å². The molecule has 30 heavy (non-hydrogen) atoms. The fourth-order valence-electron chi connectivity index (χ4n) is 4.56. The molecule has 2 aromatic carbocycles. The van der Waals surface area contributed by atoms with Crippen LogP contribution < -0.4 is 9.64 Å². The summed E-state index contributed by atoms with van der Waals surface area (Å²) >= 11 is 0. The number of hydrogen-bond donors (Lipinski definition) is 1. The molecule has 0 atom stereocenters. The van der Waals surface area contributed by atoms with Gasteiger partial charge in [-0.25, -0.2) is 0 Å². The molecule has 1 amide bonds. The minimum atomic E-state index is 0.140. The Balaban J connectivity index is 1.21. The third-order valence-electron chi connectivity index (χ3n) is 6.39. The number of carbonyl (C=O) groups excluding carboxylic acids is 1. The minimum Gasteiger partial charge on any atom is -0.508 e. The molecule has 1 aliphatic heterocycles. The van der Waals surface area contributed by atoms with Crippen molar-refractivity contribution in [2.24, 2.45) is 0 Å². The number of aromatic hydroxyl groups is 1. The van der Waals surface area contributed by atoms with Crippen LogP contribution in [0.3, 0.4) is 0 Å². The van der Waals surface area contributed by atoms with E-state index < -0.39 is 0 Å². The minimum absolute atomic E-state index is 0.140. The summed E-state index contributed by atoms with van der Waals surface area (Å²) in [6.45, 7) is 3.60. The summed E-state index contributed by atoms with van der Waals surface area (Å²) in [4.78, 5) is 16.8. The number of carbonyl (C=O) groups is 1. The Hall–Kier alpha value is -2.69. The van der Waals surface area contributed by atoms with E-state index in [0.717, 1.165) is 32.1 Å². The molecule has 1 N–H and O–H groups in total. The Labute approximate surface area is 179 Å². The fraction of sp³-hybridized carbons (Fsp3) is 0.480. The van der Waals surface area contributed by atoms with Crippen LogP contribution in [0.4, 0.5) is 5.69 Å². The quantitative estimate of drug-likeness (QED) is 0.761. The molecule has 160 valence electrons. The monoisotopic (exact) mass is 408 g/mol. The predicted octanol–water partition coefficient (Wildman–Crippen LogP) is 4.56. The van der Waals surface area contributed by atoms with Gasteiger partial charge in [-0.05, 0) is 60.7 Å². The van der Waals surface area contributed by atoms with Gasteiger partial charge in [0.15, 0.2) is 0 Å². The van der Waals surface area contributed by atoms with Gasteiger partial charge in [0.1, 0.15) is 11.5 Å². The number of rotatable bonds is 6. The maximum atomic E-state index is 12.5. The van der Waals surface area contributed by atoms with Crippen molar-refractivity contribution in [2.75, 3.05) is 37.7 Å². The highest BCUT2D eigenvalue weighted by Gasteiger charge is 2.22. The number of phenols is 1. The lowest BCUT2D eigenvalue weighted by molar-refractivity contribution is -0.132. The van der Waals surface area contributed by atoms with E-state index >= 15 is 0 Å². The van der Waals surface area contributed by atoms with Crippen LogP contribution in [0.5, 0.6) is 11.5 Å². The van der Waals surface area contributed by atoms with E-state index in [4.69, 9.17) is 4.74 Å². The smallest absolute Gasteiger partial charge is 0.226 e. The zero-order valence-corrected chi connectivity index (χ0v) is 17.6. The zero-order valence-electron chi connectivity index (χ0n) is 17.6. The number of amides is 1. The van der Waals surface area contributed by atoms with Crippen molar-refractivity contribution in [3.05, 3.63) is 54.1 Å². The van der Waals surface area contributed by atoms with Crippen molar-refractivity contribution in [3.8, 4) is 11.5 Å². The average Bonchev–Trinajstić information content (AvgIpc) is 2.81. The standard InChI is InChI=1S/C25H32N2O3/c28-23-10-12-24(13-11-23)30-19-14-25(29)27-17-15-26(16-18-27)22-8-6-21(7-9-22)20-4-2-1-3-5-20/h6-13,20,28H,1-5,14-19H2. The predicted molar refractivity (Wildman–Crippen MR) is 119 cm³/mol. The lowest BCUT2D eigenvalue weighted by Gasteiger charge is -2.36. The summed E-state index contributed by atoms with van der Waals surface area (Å²) in [5.74, 6) is 1.76. The van der Waals surface area contributed by atoms with E-state index in [-0.39, 0.29) is 11.7 Å². The van der Waals surface area contributed by atoms with Crippen molar-refractivity contribution in [1.82, 2.24) is 4.90 Å². The van der Waals surface area contributed by atoms with Gasteiger partial charge in [0.2, 0.25) is 5.91 Å². The maximum Gasteiger partial charge on any atom is 0.226 e. The summed E-state index contributed by atoms with van der Waals surface area (Å²) in [6, 6.07) is 15.7. The van der Waals surface area contributed by atoms with Crippen molar-refractivity contribution >= 4 is 11.6 Å². The molecule has 5 heteroatoms. The SMILES string of the molecule is O=C(CCOc1ccc(O)cc1)N1CCN(c2ccc(C3CCCCC3)cc2)CC1. The van der Waals surface area contributed by atoms with E-state index in [1.165, 1.54) is 43.4 Å². The molecular weight excluding hydrogens is 376 g/mol. The Morgan fingerprint density at radius 1 is 0.900 bits per heavy atom. The van der Waals surface area contributed by atoms with Crippen LogP contribution in [0.15, 0.2) is 48.5 Å². The lowest BCUT2D eigenvalue weighted by atomic mass is 9.84. The molecule has 0 aromatic heterocycles. The molecular formula is C25H32N2O3. The molecule has 2 aliphatic rings. The molecule has 1 saturated carbocycles. The summed E-state index contributed by atoms with van der Waals surface area (Å²) in [5.41, 5.74) is 2.75. The van der Waals surface area contributed by atoms with E-state index in [1.54, 1.807) is 24.3 Å². The highest BCUT2D eigenvalue weighted by atomic mass is 16.5. The fourth-order valence-corrected chi connectivity index (χ4v) is 4.56.